The quantitative estimate of drug-likeness (QED) is 0.900. The normalized spacial score (nSPS) is 10.4. The third-order valence-electron chi connectivity index (χ3n) is 2.88. The monoisotopic (exact) mass is 243 g/mol. The molecule has 0 fully saturated rings. The lowest BCUT2D eigenvalue weighted by atomic mass is 10.1. The predicted molar refractivity (Wildman–Crippen MR) is 71.4 cm³/mol. The molecule has 0 atom stereocenters. The summed E-state index contributed by atoms with van der Waals surface area (Å²) in [5.41, 5.74) is 9.18. The van der Waals surface area contributed by atoms with E-state index >= 15 is 0 Å². The minimum atomic E-state index is 0.328. The molecular weight excluding hydrogens is 226 g/mol. The van der Waals surface area contributed by atoms with Gasteiger partial charge < -0.3 is 10.5 Å². The van der Waals surface area contributed by atoms with Crippen LogP contribution in [0.3, 0.4) is 0 Å². The molecule has 1 heterocycles. The van der Waals surface area contributed by atoms with E-state index in [0.717, 1.165) is 11.3 Å². The maximum absolute atomic E-state index is 5.73. The molecule has 0 bridgehead atoms. The van der Waals surface area contributed by atoms with Crippen molar-refractivity contribution >= 4 is 5.82 Å². The summed E-state index contributed by atoms with van der Waals surface area (Å²) in [6.07, 6.45) is 1.63. The Bertz CT molecular complexity index is 567. The number of aryl methyl sites for hydroxylation is 3. The maximum Gasteiger partial charge on any atom is 0.168 e. The molecule has 2 rings (SSSR count). The predicted octanol–water partition coefficient (Wildman–Crippen LogP) is 2.56. The van der Waals surface area contributed by atoms with Gasteiger partial charge in [-0.3, -0.25) is 0 Å². The first-order valence-electron chi connectivity index (χ1n) is 5.84. The fourth-order valence-corrected chi connectivity index (χ4v) is 1.72. The van der Waals surface area contributed by atoms with Gasteiger partial charge in [0.15, 0.2) is 5.82 Å². The second-order valence-electron chi connectivity index (χ2n) is 4.39. The minimum Gasteiger partial charge on any atom is -0.485 e. The number of nitrogens with two attached hydrogens (primary N) is 1. The van der Waals surface area contributed by atoms with Gasteiger partial charge in [-0.1, -0.05) is 6.07 Å². The second-order valence-corrected chi connectivity index (χ2v) is 4.39. The highest BCUT2D eigenvalue weighted by atomic mass is 16.5. The molecule has 0 aliphatic carbocycles. The number of nitrogens with zero attached hydrogens (tertiary/aromatic N) is 2. The van der Waals surface area contributed by atoms with E-state index in [-0.39, 0.29) is 0 Å². The topological polar surface area (TPSA) is 61.0 Å². The number of ether oxygens (including phenoxy) is 1. The molecule has 0 aliphatic rings. The number of benzene rings is 1. The average molecular weight is 243 g/mol. The Kier molecular flexibility index (Phi) is 3.46. The molecule has 0 aliphatic heterocycles. The fourth-order valence-electron chi connectivity index (χ4n) is 1.72. The van der Waals surface area contributed by atoms with Crippen LogP contribution in [-0.4, -0.2) is 9.97 Å². The molecule has 2 aromatic rings. The van der Waals surface area contributed by atoms with Gasteiger partial charge in [-0.25, -0.2) is 9.97 Å². The summed E-state index contributed by atoms with van der Waals surface area (Å²) in [5, 5.41) is 0. The van der Waals surface area contributed by atoms with Gasteiger partial charge in [-0.2, -0.15) is 0 Å². The molecule has 94 valence electrons. The van der Waals surface area contributed by atoms with Crippen molar-refractivity contribution in [2.45, 2.75) is 27.4 Å². The Balaban J connectivity index is 2.13. The van der Waals surface area contributed by atoms with E-state index in [1.165, 1.54) is 11.1 Å². The number of aromatic nitrogens is 2. The third kappa shape index (κ3) is 2.77. The Morgan fingerprint density at radius 1 is 1.11 bits per heavy atom. The molecule has 1 aromatic heterocycles. The number of anilines is 1. The second kappa shape index (κ2) is 5.04. The zero-order valence-electron chi connectivity index (χ0n) is 10.9. The highest BCUT2D eigenvalue weighted by Gasteiger charge is 2.04. The molecule has 4 nitrogen and oxygen atoms in total. The Morgan fingerprint density at radius 2 is 1.83 bits per heavy atom. The first-order valence-corrected chi connectivity index (χ1v) is 5.84. The summed E-state index contributed by atoms with van der Waals surface area (Å²) >= 11 is 0. The lowest BCUT2D eigenvalue weighted by Crippen LogP contribution is -2.04. The van der Waals surface area contributed by atoms with E-state index in [1.54, 1.807) is 12.3 Å². The van der Waals surface area contributed by atoms with Gasteiger partial charge in [-0.05, 0) is 49.6 Å². The molecule has 0 saturated heterocycles. The molecule has 0 saturated carbocycles. The Labute approximate surface area is 107 Å². The van der Waals surface area contributed by atoms with Gasteiger partial charge >= 0.3 is 0 Å². The van der Waals surface area contributed by atoms with Gasteiger partial charge in [0.1, 0.15) is 18.2 Å². The van der Waals surface area contributed by atoms with Gasteiger partial charge in [0.05, 0.1) is 0 Å². The standard InChI is InChI=1S/C14H17N3O/c1-9-6-11(3)12(7-10(9)2)18-8-14-16-5-4-13(15)17-14/h4-7H,8H2,1-3H3,(H2,15,16,17). The molecular formula is C14H17N3O. The summed E-state index contributed by atoms with van der Waals surface area (Å²) < 4.78 is 5.73. The molecule has 0 radical (unpaired) electrons. The number of hydrogen-bond acceptors (Lipinski definition) is 4. The van der Waals surface area contributed by atoms with Gasteiger partial charge in [-0.15, -0.1) is 0 Å². The van der Waals surface area contributed by atoms with Crippen molar-refractivity contribution in [3.05, 3.63) is 46.9 Å². The first-order chi connectivity index (χ1) is 8.56. The van der Waals surface area contributed by atoms with Crippen molar-refractivity contribution < 1.29 is 4.74 Å². The van der Waals surface area contributed by atoms with E-state index in [2.05, 4.69) is 29.9 Å². The first kappa shape index (κ1) is 12.4. The van der Waals surface area contributed by atoms with Crippen molar-refractivity contribution in [2.24, 2.45) is 0 Å². The minimum absolute atomic E-state index is 0.328. The van der Waals surface area contributed by atoms with Gasteiger partial charge in [0.25, 0.3) is 0 Å². The Hall–Kier alpha value is -2.10. The van der Waals surface area contributed by atoms with Crippen LogP contribution in [0.15, 0.2) is 24.4 Å². The highest BCUT2D eigenvalue weighted by Crippen LogP contribution is 2.22. The van der Waals surface area contributed by atoms with Crippen LogP contribution in [0.1, 0.15) is 22.5 Å². The van der Waals surface area contributed by atoms with E-state index in [9.17, 15) is 0 Å². The molecule has 1 aromatic carbocycles. The summed E-state index contributed by atoms with van der Waals surface area (Å²) in [6.45, 7) is 6.52. The van der Waals surface area contributed by atoms with E-state index in [0.29, 0.717) is 18.2 Å². The van der Waals surface area contributed by atoms with Crippen LogP contribution in [0.2, 0.25) is 0 Å². The fraction of sp³-hybridized carbons (Fsp3) is 0.286. The molecule has 4 heteroatoms. The largest absolute Gasteiger partial charge is 0.485 e. The summed E-state index contributed by atoms with van der Waals surface area (Å²) in [4.78, 5) is 8.21. The van der Waals surface area contributed by atoms with Crippen molar-refractivity contribution in [3.63, 3.8) is 0 Å². The van der Waals surface area contributed by atoms with Crippen LogP contribution in [0, 0.1) is 20.8 Å². The SMILES string of the molecule is Cc1cc(C)c(OCc2nccc(N)n2)cc1C. The van der Waals surface area contributed by atoms with Crippen LogP contribution in [0.4, 0.5) is 5.82 Å². The van der Waals surface area contributed by atoms with E-state index in [4.69, 9.17) is 10.5 Å². The maximum atomic E-state index is 5.73. The zero-order chi connectivity index (χ0) is 13.1. The summed E-state index contributed by atoms with van der Waals surface area (Å²) in [6, 6.07) is 5.81. The van der Waals surface area contributed by atoms with Crippen molar-refractivity contribution in [1.82, 2.24) is 9.97 Å². The average Bonchev–Trinajstić information content (AvgIpc) is 2.32. The summed E-state index contributed by atoms with van der Waals surface area (Å²) in [7, 11) is 0. The van der Waals surface area contributed by atoms with E-state index in [1.807, 2.05) is 13.0 Å². The number of rotatable bonds is 3. The van der Waals surface area contributed by atoms with E-state index < -0.39 is 0 Å². The third-order valence-corrected chi connectivity index (χ3v) is 2.88. The van der Waals surface area contributed by atoms with Crippen LogP contribution < -0.4 is 10.5 Å². The molecule has 0 amide bonds. The molecule has 2 N–H and O–H groups in total. The Morgan fingerprint density at radius 3 is 2.56 bits per heavy atom. The number of hydrogen-bond donors (Lipinski definition) is 1. The molecule has 0 spiro atoms. The zero-order valence-corrected chi connectivity index (χ0v) is 10.9. The van der Waals surface area contributed by atoms with Gasteiger partial charge in [0.2, 0.25) is 0 Å². The highest BCUT2D eigenvalue weighted by molar-refractivity contribution is 5.40. The number of nitrogen functional groups attached to an aromatic ring is 1. The van der Waals surface area contributed by atoms with Crippen LogP contribution in [0.5, 0.6) is 5.75 Å². The van der Waals surface area contributed by atoms with Crippen LogP contribution >= 0.6 is 0 Å². The van der Waals surface area contributed by atoms with Crippen molar-refractivity contribution in [3.8, 4) is 5.75 Å². The van der Waals surface area contributed by atoms with Crippen molar-refractivity contribution in [2.75, 3.05) is 5.73 Å². The summed E-state index contributed by atoms with van der Waals surface area (Å²) in [5.74, 6) is 1.91. The van der Waals surface area contributed by atoms with Crippen LogP contribution in [0.25, 0.3) is 0 Å². The van der Waals surface area contributed by atoms with Crippen molar-refractivity contribution in [1.29, 1.82) is 0 Å². The lowest BCUT2D eigenvalue weighted by Gasteiger charge is -2.11. The smallest absolute Gasteiger partial charge is 0.168 e. The lowest BCUT2D eigenvalue weighted by molar-refractivity contribution is 0.294. The van der Waals surface area contributed by atoms with Gasteiger partial charge in [0, 0.05) is 6.20 Å². The van der Waals surface area contributed by atoms with Crippen LogP contribution in [-0.2, 0) is 6.61 Å². The molecule has 18 heavy (non-hydrogen) atoms. The molecule has 0 unspecified atom stereocenters.